The standard InChI is InChI=1S/C25H35N5O4/c1-32-13-10-29-8-9-30(17-23(31)26-15-19-6-11-34-12-7-19)22-16-27-24(28-25(22)29)21-5-3-4-20(14-21)18-33-2/h3-5,14,16,19H,6-13,15,17-18H2,1-2H3,(H,26,31). The van der Waals surface area contributed by atoms with Crippen molar-refractivity contribution in [3.05, 3.63) is 36.0 Å². The summed E-state index contributed by atoms with van der Waals surface area (Å²) in [5.41, 5.74) is 2.89. The molecule has 184 valence electrons. The van der Waals surface area contributed by atoms with Gasteiger partial charge in [0.1, 0.15) is 0 Å². The summed E-state index contributed by atoms with van der Waals surface area (Å²) < 4.78 is 16.0. The molecule has 0 saturated carbocycles. The van der Waals surface area contributed by atoms with Crippen molar-refractivity contribution in [1.82, 2.24) is 15.3 Å². The molecule has 2 aliphatic heterocycles. The number of amides is 1. The second-order valence-corrected chi connectivity index (χ2v) is 8.80. The Balaban J connectivity index is 1.50. The summed E-state index contributed by atoms with van der Waals surface area (Å²) in [6, 6.07) is 8.07. The van der Waals surface area contributed by atoms with Gasteiger partial charge in [0.25, 0.3) is 0 Å². The molecule has 0 atom stereocenters. The minimum Gasteiger partial charge on any atom is -0.383 e. The summed E-state index contributed by atoms with van der Waals surface area (Å²) in [7, 11) is 3.39. The lowest BCUT2D eigenvalue weighted by molar-refractivity contribution is -0.120. The van der Waals surface area contributed by atoms with Gasteiger partial charge in [-0.1, -0.05) is 18.2 Å². The average molecular weight is 470 g/mol. The van der Waals surface area contributed by atoms with Crippen LogP contribution in [0.15, 0.2) is 30.5 Å². The SMILES string of the molecule is COCCN1CCN(CC(=O)NCC2CCOCC2)c2cnc(-c3cccc(COC)c3)nc21. The number of carbonyl (C=O) groups is 1. The lowest BCUT2D eigenvalue weighted by atomic mass is 10.0. The highest BCUT2D eigenvalue weighted by atomic mass is 16.5. The Bertz CT molecular complexity index is 951. The smallest absolute Gasteiger partial charge is 0.239 e. The molecule has 1 aromatic carbocycles. The largest absolute Gasteiger partial charge is 0.383 e. The zero-order chi connectivity index (χ0) is 23.8. The maximum Gasteiger partial charge on any atom is 0.239 e. The van der Waals surface area contributed by atoms with Gasteiger partial charge in [0.2, 0.25) is 5.91 Å². The van der Waals surface area contributed by atoms with E-state index in [-0.39, 0.29) is 5.91 Å². The predicted octanol–water partition coefficient (Wildman–Crippen LogP) is 2.11. The summed E-state index contributed by atoms with van der Waals surface area (Å²) in [6.07, 6.45) is 3.85. The molecule has 1 fully saturated rings. The van der Waals surface area contributed by atoms with E-state index in [4.69, 9.17) is 19.2 Å². The second kappa shape index (κ2) is 12.1. The average Bonchev–Trinajstić information content (AvgIpc) is 2.88. The van der Waals surface area contributed by atoms with Crippen molar-refractivity contribution in [2.24, 2.45) is 5.92 Å². The normalized spacial score (nSPS) is 16.4. The summed E-state index contributed by atoms with van der Waals surface area (Å²) in [5, 5.41) is 3.11. The molecule has 1 aromatic heterocycles. The molecule has 1 N–H and O–H groups in total. The van der Waals surface area contributed by atoms with Crippen molar-refractivity contribution in [3.63, 3.8) is 0 Å². The third kappa shape index (κ3) is 6.22. The van der Waals surface area contributed by atoms with Gasteiger partial charge in [-0.2, -0.15) is 0 Å². The van der Waals surface area contributed by atoms with Gasteiger partial charge in [-0.15, -0.1) is 0 Å². The van der Waals surface area contributed by atoms with Crippen LogP contribution >= 0.6 is 0 Å². The quantitative estimate of drug-likeness (QED) is 0.566. The van der Waals surface area contributed by atoms with E-state index in [9.17, 15) is 4.79 Å². The van der Waals surface area contributed by atoms with E-state index < -0.39 is 0 Å². The number of methoxy groups -OCH3 is 2. The molecule has 34 heavy (non-hydrogen) atoms. The molecule has 0 aliphatic carbocycles. The number of anilines is 2. The molecule has 0 bridgehead atoms. The van der Waals surface area contributed by atoms with Crippen LogP contribution in [0.3, 0.4) is 0 Å². The molecule has 1 saturated heterocycles. The van der Waals surface area contributed by atoms with Gasteiger partial charge in [0.05, 0.1) is 31.6 Å². The second-order valence-electron chi connectivity index (χ2n) is 8.80. The molecule has 0 radical (unpaired) electrons. The van der Waals surface area contributed by atoms with Crippen LogP contribution in [-0.2, 0) is 25.6 Å². The number of nitrogens with zero attached hydrogens (tertiary/aromatic N) is 4. The zero-order valence-corrected chi connectivity index (χ0v) is 20.2. The van der Waals surface area contributed by atoms with Crippen LogP contribution in [-0.4, -0.2) is 82.6 Å². The summed E-state index contributed by atoms with van der Waals surface area (Å²) in [5.74, 6) is 2.02. The number of hydrogen-bond donors (Lipinski definition) is 1. The lowest BCUT2D eigenvalue weighted by Crippen LogP contribution is -2.47. The zero-order valence-electron chi connectivity index (χ0n) is 20.2. The van der Waals surface area contributed by atoms with Gasteiger partial charge in [0.15, 0.2) is 11.6 Å². The summed E-state index contributed by atoms with van der Waals surface area (Å²) >= 11 is 0. The molecule has 9 heteroatoms. The van der Waals surface area contributed by atoms with E-state index in [0.29, 0.717) is 38.0 Å². The lowest BCUT2D eigenvalue weighted by Gasteiger charge is -2.37. The van der Waals surface area contributed by atoms with Crippen molar-refractivity contribution in [2.75, 3.05) is 76.6 Å². The van der Waals surface area contributed by atoms with Crippen molar-refractivity contribution >= 4 is 17.4 Å². The first kappa shape index (κ1) is 24.4. The van der Waals surface area contributed by atoms with Crippen LogP contribution < -0.4 is 15.1 Å². The third-order valence-corrected chi connectivity index (χ3v) is 6.35. The van der Waals surface area contributed by atoms with Crippen molar-refractivity contribution < 1.29 is 19.0 Å². The number of ether oxygens (including phenoxy) is 3. The highest BCUT2D eigenvalue weighted by molar-refractivity contribution is 5.83. The number of fused-ring (bicyclic) bond motifs is 1. The molecule has 0 spiro atoms. The highest BCUT2D eigenvalue weighted by Crippen LogP contribution is 2.32. The van der Waals surface area contributed by atoms with Crippen LogP contribution in [0, 0.1) is 5.92 Å². The van der Waals surface area contributed by atoms with Gasteiger partial charge in [-0.05, 0) is 30.4 Å². The fourth-order valence-corrected chi connectivity index (χ4v) is 4.42. The van der Waals surface area contributed by atoms with E-state index in [1.807, 2.05) is 24.4 Å². The molecule has 9 nitrogen and oxygen atoms in total. The fraction of sp³-hybridized carbons (Fsp3) is 0.560. The van der Waals surface area contributed by atoms with Crippen LogP contribution in [0.4, 0.5) is 11.5 Å². The van der Waals surface area contributed by atoms with Crippen LogP contribution in [0.1, 0.15) is 18.4 Å². The van der Waals surface area contributed by atoms with Gasteiger partial charge in [-0.3, -0.25) is 4.79 Å². The van der Waals surface area contributed by atoms with Crippen molar-refractivity contribution in [2.45, 2.75) is 19.4 Å². The number of benzene rings is 1. The summed E-state index contributed by atoms with van der Waals surface area (Å²) in [4.78, 5) is 26.6. The molecular formula is C25H35N5O4. The monoisotopic (exact) mass is 469 g/mol. The van der Waals surface area contributed by atoms with Crippen LogP contribution in [0.25, 0.3) is 11.4 Å². The van der Waals surface area contributed by atoms with Crippen molar-refractivity contribution in [1.29, 1.82) is 0 Å². The fourth-order valence-electron chi connectivity index (χ4n) is 4.42. The first-order valence-corrected chi connectivity index (χ1v) is 12.0. The topological polar surface area (TPSA) is 89.1 Å². The predicted molar refractivity (Wildman–Crippen MR) is 131 cm³/mol. The Kier molecular flexibility index (Phi) is 8.67. The van der Waals surface area contributed by atoms with E-state index in [2.05, 4.69) is 26.2 Å². The molecule has 2 aromatic rings. The van der Waals surface area contributed by atoms with E-state index >= 15 is 0 Å². The molecule has 2 aliphatic rings. The highest BCUT2D eigenvalue weighted by Gasteiger charge is 2.27. The summed E-state index contributed by atoms with van der Waals surface area (Å²) in [6.45, 7) is 5.93. The molecule has 0 unspecified atom stereocenters. The Hall–Kier alpha value is -2.75. The maximum absolute atomic E-state index is 12.7. The Morgan fingerprint density at radius 2 is 2.00 bits per heavy atom. The van der Waals surface area contributed by atoms with Gasteiger partial charge < -0.3 is 29.3 Å². The first-order valence-electron chi connectivity index (χ1n) is 12.0. The third-order valence-electron chi connectivity index (χ3n) is 6.35. The van der Waals surface area contributed by atoms with Gasteiger partial charge in [0, 0.05) is 59.2 Å². The van der Waals surface area contributed by atoms with Gasteiger partial charge >= 0.3 is 0 Å². The number of hydrogen-bond acceptors (Lipinski definition) is 8. The number of carbonyl (C=O) groups excluding carboxylic acids is 1. The minimum absolute atomic E-state index is 0.0270. The van der Waals surface area contributed by atoms with E-state index in [0.717, 1.165) is 68.3 Å². The Morgan fingerprint density at radius 1 is 1.18 bits per heavy atom. The Labute approximate surface area is 201 Å². The molecule has 4 rings (SSSR count). The minimum atomic E-state index is 0.0270. The number of aromatic nitrogens is 2. The number of nitrogens with one attached hydrogen (secondary N) is 1. The van der Waals surface area contributed by atoms with E-state index in [1.54, 1.807) is 14.2 Å². The van der Waals surface area contributed by atoms with Crippen LogP contribution in [0.2, 0.25) is 0 Å². The molecule has 1 amide bonds. The van der Waals surface area contributed by atoms with E-state index in [1.165, 1.54) is 0 Å². The Morgan fingerprint density at radius 3 is 2.79 bits per heavy atom. The first-order chi connectivity index (χ1) is 16.7. The van der Waals surface area contributed by atoms with Crippen molar-refractivity contribution in [3.8, 4) is 11.4 Å². The maximum atomic E-state index is 12.7. The molecule has 3 heterocycles. The number of rotatable bonds is 10. The molecular weight excluding hydrogens is 434 g/mol. The van der Waals surface area contributed by atoms with Crippen LogP contribution in [0.5, 0.6) is 0 Å². The van der Waals surface area contributed by atoms with Gasteiger partial charge in [-0.25, -0.2) is 9.97 Å².